The fraction of sp³-hybridized carbons (Fsp3) is 0.471. The number of nitrogens with two attached hydrogens (primary N) is 1. The van der Waals surface area contributed by atoms with Crippen LogP contribution in [0.2, 0.25) is 0 Å². The molecule has 2 aromatic rings. The van der Waals surface area contributed by atoms with Crippen molar-refractivity contribution in [2.75, 3.05) is 25.9 Å². The van der Waals surface area contributed by atoms with Crippen LogP contribution in [-0.2, 0) is 27.3 Å². The number of carboxylic acid groups (broad SMARTS) is 1. The molecule has 0 saturated carbocycles. The quantitative estimate of drug-likeness (QED) is 0.775. The number of carbonyl (C=O) groups is 2. The molecule has 8 nitrogen and oxygen atoms in total. The van der Waals surface area contributed by atoms with Crippen molar-refractivity contribution in [1.29, 1.82) is 0 Å². The number of aliphatic carboxylic acids is 1. The summed E-state index contributed by atoms with van der Waals surface area (Å²) in [5.41, 5.74) is 8.79. The summed E-state index contributed by atoms with van der Waals surface area (Å²) in [6.45, 7) is 1.98. The molecular formula is C17H22N4O4. The molecule has 0 bridgehead atoms. The van der Waals surface area contributed by atoms with Gasteiger partial charge in [0.05, 0.1) is 30.8 Å². The molecule has 0 atom stereocenters. The maximum atomic E-state index is 11.7. The fourth-order valence-electron chi connectivity index (χ4n) is 3.23. The molecule has 3 heterocycles. The summed E-state index contributed by atoms with van der Waals surface area (Å²) < 4.78 is 6.67. The highest BCUT2D eigenvalue weighted by molar-refractivity contribution is 5.72. The Morgan fingerprint density at radius 2 is 2.08 bits per heavy atom. The molecule has 0 aliphatic carbocycles. The van der Waals surface area contributed by atoms with Gasteiger partial charge in [-0.1, -0.05) is 0 Å². The second-order valence-electron chi connectivity index (χ2n) is 6.34. The Morgan fingerprint density at radius 3 is 2.72 bits per heavy atom. The highest BCUT2D eigenvalue weighted by Gasteiger charge is 2.26. The van der Waals surface area contributed by atoms with Crippen LogP contribution in [0.4, 0.5) is 5.69 Å². The van der Waals surface area contributed by atoms with Crippen LogP contribution in [0.3, 0.4) is 0 Å². The third-order valence-electron chi connectivity index (χ3n) is 4.67. The van der Waals surface area contributed by atoms with E-state index in [1.54, 1.807) is 12.3 Å². The minimum atomic E-state index is -0.728. The standard InChI is InChI=1S/C17H22N4O4/c1-25-16(22)8-13-14(21-9-12(18)2-3-15(21)19-13)10-20-6-4-11(5-7-20)17(23)24/h2-3,9,11H,4-8,10,18H2,1H3,(H,23,24). The van der Waals surface area contributed by atoms with Crippen molar-refractivity contribution in [2.24, 2.45) is 5.92 Å². The van der Waals surface area contributed by atoms with Crippen LogP contribution in [0.1, 0.15) is 24.2 Å². The second kappa shape index (κ2) is 7.10. The Morgan fingerprint density at radius 1 is 1.36 bits per heavy atom. The third-order valence-corrected chi connectivity index (χ3v) is 4.67. The maximum Gasteiger partial charge on any atom is 0.311 e. The molecule has 3 rings (SSSR count). The lowest BCUT2D eigenvalue weighted by Crippen LogP contribution is -2.36. The summed E-state index contributed by atoms with van der Waals surface area (Å²) in [5, 5.41) is 9.13. The number of carbonyl (C=O) groups excluding carboxylic acids is 1. The van der Waals surface area contributed by atoms with E-state index in [0.29, 0.717) is 43.9 Å². The molecule has 8 heteroatoms. The van der Waals surface area contributed by atoms with Crippen molar-refractivity contribution >= 4 is 23.3 Å². The zero-order valence-electron chi connectivity index (χ0n) is 14.1. The van der Waals surface area contributed by atoms with Crippen molar-refractivity contribution in [3.05, 3.63) is 29.7 Å². The minimum absolute atomic E-state index is 0.0962. The van der Waals surface area contributed by atoms with Crippen molar-refractivity contribution < 1.29 is 19.4 Å². The highest BCUT2D eigenvalue weighted by atomic mass is 16.5. The predicted octanol–water partition coefficient (Wildman–Crippen LogP) is 0.929. The molecule has 0 aromatic carbocycles. The van der Waals surface area contributed by atoms with Crippen molar-refractivity contribution in [1.82, 2.24) is 14.3 Å². The Balaban J connectivity index is 1.85. The summed E-state index contributed by atoms with van der Waals surface area (Å²) in [6, 6.07) is 3.59. The SMILES string of the molecule is COC(=O)Cc1nc2ccc(N)cn2c1CN1CCC(C(=O)O)CC1. The number of imidazole rings is 1. The van der Waals surface area contributed by atoms with Crippen molar-refractivity contribution in [3.63, 3.8) is 0 Å². The second-order valence-corrected chi connectivity index (χ2v) is 6.34. The summed E-state index contributed by atoms with van der Waals surface area (Å²) in [5.74, 6) is -1.35. The number of nitrogens with zero attached hydrogens (tertiary/aromatic N) is 3. The van der Waals surface area contributed by atoms with E-state index in [4.69, 9.17) is 15.6 Å². The first-order chi connectivity index (χ1) is 12.0. The minimum Gasteiger partial charge on any atom is -0.481 e. The van der Waals surface area contributed by atoms with Gasteiger partial charge >= 0.3 is 11.9 Å². The average Bonchev–Trinajstić information content (AvgIpc) is 2.92. The normalized spacial score (nSPS) is 16.2. The van der Waals surface area contributed by atoms with Gasteiger partial charge in [-0.3, -0.25) is 14.5 Å². The van der Waals surface area contributed by atoms with E-state index in [2.05, 4.69) is 9.88 Å². The van der Waals surface area contributed by atoms with E-state index in [9.17, 15) is 9.59 Å². The first-order valence-electron chi connectivity index (χ1n) is 8.25. The first-order valence-corrected chi connectivity index (χ1v) is 8.25. The lowest BCUT2D eigenvalue weighted by atomic mass is 9.97. The van der Waals surface area contributed by atoms with Gasteiger partial charge in [0.1, 0.15) is 5.65 Å². The molecule has 1 aliphatic rings. The molecule has 0 radical (unpaired) electrons. The number of carboxylic acids is 1. The number of fused-ring (bicyclic) bond motifs is 1. The molecule has 0 amide bonds. The van der Waals surface area contributed by atoms with Gasteiger partial charge in [-0.05, 0) is 38.1 Å². The Labute approximate surface area is 145 Å². The number of aromatic nitrogens is 2. The summed E-state index contributed by atoms with van der Waals surface area (Å²) >= 11 is 0. The van der Waals surface area contributed by atoms with Gasteiger partial charge in [-0.2, -0.15) is 0 Å². The van der Waals surface area contributed by atoms with E-state index in [0.717, 1.165) is 11.3 Å². The number of likely N-dealkylation sites (tertiary alicyclic amines) is 1. The van der Waals surface area contributed by atoms with Crippen LogP contribution in [-0.4, -0.2) is 51.5 Å². The van der Waals surface area contributed by atoms with Crippen LogP contribution in [0.25, 0.3) is 5.65 Å². The van der Waals surface area contributed by atoms with Crippen LogP contribution in [0, 0.1) is 5.92 Å². The van der Waals surface area contributed by atoms with Crippen molar-refractivity contribution in [2.45, 2.75) is 25.8 Å². The smallest absolute Gasteiger partial charge is 0.311 e. The number of pyridine rings is 1. The molecule has 1 aliphatic heterocycles. The average molecular weight is 346 g/mol. The van der Waals surface area contributed by atoms with Crippen LogP contribution in [0.15, 0.2) is 18.3 Å². The zero-order valence-corrected chi connectivity index (χ0v) is 14.1. The van der Waals surface area contributed by atoms with E-state index < -0.39 is 5.97 Å². The summed E-state index contributed by atoms with van der Waals surface area (Å²) in [7, 11) is 1.35. The van der Waals surface area contributed by atoms with Crippen LogP contribution >= 0.6 is 0 Å². The topological polar surface area (TPSA) is 110 Å². The summed E-state index contributed by atoms with van der Waals surface area (Å²) in [4.78, 5) is 29.5. The number of esters is 1. The number of nitrogen functional groups attached to an aromatic ring is 1. The van der Waals surface area contributed by atoms with Gasteiger partial charge in [0, 0.05) is 18.4 Å². The fourth-order valence-corrected chi connectivity index (χ4v) is 3.23. The van der Waals surface area contributed by atoms with Gasteiger partial charge in [0.2, 0.25) is 0 Å². The van der Waals surface area contributed by atoms with Gasteiger partial charge in [0.15, 0.2) is 0 Å². The zero-order chi connectivity index (χ0) is 18.0. The van der Waals surface area contributed by atoms with Gasteiger partial charge < -0.3 is 20.0 Å². The molecule has 2 aromatic heterocycles. The Kier molecular flexibility index (Phi) is 4.89. The largest absolute Gasteiger partial charge is 0.481 e. The Hall–Kier alpha value is -2.61. The molecule has 134 valence electrons. The number of ether oxygens (including phenoxy) is 1. The van der Waals surface area contributed by atoms with E-state index in [1.807, 2.05) is 10.5 Å². The van der Waals surface area contributed by atoms with Gasteiger partial charge in [-0.15, -0.1) is 0 Å². The lowest BCUT2D eigenvalue weighted by molar-refractivity contribution is -0.143. The van der Waals surface area contributed by atoms with Gasteiger partial charge in [0.25, 0.3) is 0 Å². The molecule has 1 fully saturated rings. The molecular weight excluding hydrogens is 324 g/mol. The first kappa shape index (κ1) is 17.2. The monoisotopic (exact) mass is 346 g/mol. The maximum absolute atomic E-state index is 11.7. The number of hydrogen-bond donors (Lipinski definition) is 2. The number of rotatable bonds is 5. The van der Waals surface area contributed by atoms with E-state index in [1.165, 1.54) is 7.11 Å². The van der Waals surface area contributed by atoms with Gasteiger partial charge in [-0.25, -0.2) is 4.98 Å². The predicted molar refractivity (Wildman–Crippen MR) is 91.0 cm³/mol. The molecule has 0 unspecified atom stereocenters. The van der Waals surface area contributed by atoms with Crippen LogP contribution < -0.4 is 5.73 Å². The number of methoxy groups -OCH3 is 1. The molecule has 1 saturated heterocycles. The van der Waals surface area contributed by atoms with E-state index >= 15 is 0 Å². The number of piperidine rings is 1. The molecule has 25 heavy (non-hydrogen) atoms. The summed E-state index contributed by atoms with van der Waals surface area (Å²) in [6.07, 6.45) is 3.14. The van der Waals surface area contributed by atoms with Crippen molar-refractivity contribution in [3.8, 4) is 0 Å². The van der Waals surface area contributed by atoms with E-state index in [-0.39, 0.29) is 18.3 Å². The Bertz CT molecular complexity index is 793. The number of hydrogen-bond acceptors (Lipinski definition) is 6. The molecule has 0 spiro atoms. The number of anilines is 1. The highest BCUT2D eigenvalue weighted by Crippen LogP contribution is 2.22. The lowest BCUT2D eigenvalue weighted by Gasteiger charge is -2.30. The molecule has 3 N–H and O–H groups in total. The van der Waals surface area contributed by atoms with Crippen LogP contribution in [0.5, 0.6) is 0 Å². The third kappa shape index (κ3) is 3.74.